The molecule has 0 radical (unpaired) electrons. The van der Waals surface area contributed by atoms with Crippen molar-refractivity contribution in [3.05, 3.63) is 0 Å². The van der Waals surface area contributed by atoms with E-state index in [1.54, 1.807) is 0 Å². The summed E-state index contributed by atoms with van der Waals surface area (Å²) in [6.45, 7) is 4.48. The second kappa shape index (κ2) is 8.47. The van der Waals surface area contributed by atoms with Crippen LogP contribution in [0.3, 0.4) is 0 Å². The highest BCUT2D eigenvalue weighted by Gasteiger charge is 2.04. The van der Waals surface area contributed by atoms with Crippen molar-refractivity contribution in [2.45, 2.75) is 26.2 Å². The van der Waals surface area contributed by atoms with Crippen LogP contribution in [0, 0.1) is 0 Å². The third-order valence-electron chi connectivity index (χ3n) is 2.38. The average molecular weight is 268 g/mol. The molecule has 0 aliphatic carbocycles. The first-order valence-corrected chi connectivity index (χ1v) is 6.64. The Morgan fingerprint density at radius 2 is 2.00 bits per heavy atom. The van der Waals surface area contributed by atoms with E-state index < -0.39 is 0 Å². The van der Waals surface area contributed by atoms with Crippen molar-refractivity contribution in [3.8, 4) is 6.01 Å². The van der Waals surface area contributed by atoms with Crippen LogP contribution in [0.2, 0.25) is 0 Å². The van der Waals surface area contributed by atoms with Gasteiger partial charge in [0, 0.05) is 6.54 Å². The van der Waals surface area contributed by atoms with Gasteiger partial charge in [0.2, 0.25) is 11.9 Å². The van der Waals surface area contributed by atoms with Gasteiger partial charge in [-0.25, -0.2) is 0 Å². The zero-order valence-corrected chi connectivity index (χ0v) is 12.0. The molecular weight excluding hydrogens is 244 g/mol. The summed E-state index contributed by atoms with van der Waals surface area (Å²) in [7, 11) is 4.13. The number of nitrogens with zero attached hydrogens (tertiary/aromatic N) is 4. The monoisotopic (exact) mass is 268 g/mol. The average Bonchev–Trinajstić information content (AvgIpc) is 2.35. The molecule has 0 atom stereocenters. The summed E-state index contributed by atoms with van der Waals surface area (Å²) in [5.74, 6) is 0.653. The summed E-state index contributed by atoms with van der Waals surface area (Å²) >= 11 is 0. The van der Waals surface area contributed by atoms with Crippen molar-refractivity contribution in [1.82, 2.24) is 19.9 Å². The van der Waals surface area contributed by atoms with E-state index in [1.807, 2.05) is 6.92 Å². The Morgan fingerprint density at radius 3 is 2.68 bits per heavy atom. The number of hydrogen-bond donors (Lipinski definition) is 2. The van der Waals surface area contributed by atoms with Gasteiger partial charge < -0.3 is 20.7 Å². The molecule has 0 unspecified atom stereocenters. The van der Waals surface area contributed by atoms with E-state index >= 15 is 0 Å². The van der Waals surface area contributed by atoms with E-state index in [0.717, 1.165) is 32.4 Å². The molecule has 0 aliphatic heterocycles. The predicted molar refractivity (Wildman–Crippen MR) is 76.3 cm³/mol. The fourth-order valence-electron chi connectivity index (χ4n) is 1.46. The number of nitrogen functional groups attached to an aromatic ring is 1. The molecule has 0 saturated heterocycles. The lowest BCUT2D eigenvalue weighted by atomic mass is 10.3. The minimum Gasteiger partial charge on any atom is -0.463 e. The van der Waals surface area contributed by atoms with Gasteiger partial charge in [-0.3, -0.25) is 0 Å². The molecule has 0 saturated carbocycles. The highest BCUT2D eigenvalue weighted by molar-refractivity contribution is 5.32. The van der Waals surface area contributed by atoms with Crippen LogP contribution < -0.4 is 15.8 Å². The topological polar surface area (TPSA) is 89.2 Å². The van der Waals surface area contributed by atoms with Crippen LogP contribution in [0.15, 0.2) is 0 Å². The quantitative estimate of drug-likeness (QED) is 0.646. The molecule has 0 amide bonds. The van der Waals surface area contributed by atoms with E-state index in [0.29, 0.717) is 12.6 Å². The maximum atomic E-state index is 5.61. The molecule has 7 heteroatoms. The number of nitrogens with one attached hydrogen (secondary N) is 1. The molecule has 0 spiro atoms. The maximum Gasteiger partial charge on any atom is 0.323 e. The van der Waals surface area contributed by atoms with Crippen LogP contribution in [0.1, 0.15) is 26.2 Å². The SMILES string of the molecule is CCCOc1nc(N)nc(NCCCCN(C)C)n1. The maximum absolute atomic E-state index is 5.61. The number of nitrogens with two attached hydrogens (primary N) is 1. The second-order valence-electron chi connectivity index (χ2n) is 4.59. The van der Waals surface area contributed by atoms with Gasteiger partial charge in [0.1, 0.15) is 0 Å². The van der Waals surface area contributed by atoms with Crippen molar-refractivity contribution in [3.63, 3.8) is 0 Å². The molecule has 0 bridgehead atoms. The molecule has 0 aliphatic rings. The third-order valence-corrected chi connectivity index (χ3v) is 2.38. The minimum absolute atomic E-state index is 0.178. The van der Waals surface area contributed by atoms with Crippen molar-refractivity contribution in [2.75, 3.05) is 44.8 Å². The van der Waals surface area contributed by atoms with Gasteiger partial charge in [-0.05, 0) is 39.9 Å². The number of aromatic nitrogens is 3. The van der Waals surface area contributed by atoms with Gasteiger partial charge in [0.05, 0.1) is 6.61 Å². The second-order valence-corrected chi connectivity index (χ2v) is 4.59. The molecule has 3 N–H and O–H groups in total. The van der Waals surface area contributed by atoms with Crippen LogP contribution in [-0.2, 0) is 0 Å². The lowest BCUT2D eigenvalue weighted by molar-refractivity contribution is 0.292. The Labute approximate surface area is 114 Å². The lowest BCUT2D eigenvalue weighted by Gasteiger charge is -2.10. The lowest BCUT2D eigenvalue weighted by Crippen LogP contribution is -2.15. The van der Waals surface area contributed by atoms with E-state index in [9.17, 15) is 0 Å². The zero-order chi connectivity index (χ0) is 14.1. The van der Waals surface area contributed by atoms with Crippen LogP contribution in [-0.4, -0.2) is 53.6 Å². The van der Waals surface area contributed by atoms with Gasteiger partial charge in [-0.15, -0.1) is 0 Å². The summed E-state index contributed by atoms with van der Waals surface area (Å²) in [5, 5.41) is 3.14. The molecule has 0 fully saturated rings. The van der Waals surface area contributed by atoms with Crippen LogP contribution in [0.5, 0.6) is 6.01 Å². The molecule has 1 heterocycles. The number of rotatable bonds is 9. The largest absolute Gasteiger partial charge is 0.463 e. The van der Waals surface area contributed by atoms with E-state index in [2.05, 4.69) is 39.3 Å². The molecule has 19 heavy (non-hydrogen) atoms. The molecule has 108 valence electrons. The van der Waals surface area contributed by atoms with Gasteiger partial charge in [0.15, 0.2) is 0 Å². The Balaban J connectivity index is 2.38. The molecule has 1 rings (SSSR count). The number of ether oxygens (including phenoxy) is 1. The summed E-state index contributed by atoms with van der Waals surface area (Å²) < 4.78 is 5.35. The minimum atomic E-state index is 0.178. The Hall–Kier alpha value is -1.63. The van der Waals surface area contributed by atoms with E-state index in [-0.39, 0.29) is 12.0 Å². The molecule has 1 aromatic heterocycles. The third kappa shape index (κ3) is 6.76. The summed E-state index contributed by atoms with van der Waals surface area (Å²) in [6, 6.07) is 0.283. The van der Waals surface area contributed by atoms with Crippen LogP contribution >= 0.6 is 0 Å². The standard InChI is InChI=1S/C12H24N6O/c1-4-9-19-12-16-10(13)15-11(17-12)14-7-5-6-8-18(2)3/h4-9H2,1-3H3,(H3,13,14,15,16,17). The number of unbranched alkanes of at least 4 members (excludes halogenated alkanes) is 1. The van der Waals surface area contributed by atoms with E-state index in [4.69, 9.17) is 10.5 Å². The molecule has 7 nitrogen and oxygen atoms in total. The van der Waals surface area contributed by atoms with Crippen molar-refractivity contribution in [2.24, 2.45) is 0 Å². The van der Waals surface area contributed by atoms with Crippen molar-refractivity contribution in [1.29, 1.82) is 0 Å². The summed E-state index contributed by atoms with van der Waals surface area (Å²) in [6.07, 6.45) is 3.08. The molecule has 0 aromatic carbocycles. The fourth-order valence-corrected chi connectivity index (χ4v) is 1.46. The van der Waals surface area contributed by atoms with Gasteiger partial charge in [-0.1, -0.05) is 6.92 Å². The van der Waals surface area contributed by atoms with Crippen molar-refractivity contribution < 1.29 is 4.74 Å². The molecular formula is C12H24N6O. The normalized spacial score (nSPS) is 10.7. The van der Waals surface area contributed by atoms with Gasteiger partial charge in [-0.2, -0.15) is 15.0 Å². The smallest absolute Gasteiger partial charge is 0.323 e. The predicted octanol–water partition coefficient (Wildman–Crippen LogP) is 0.996. The number of hydrogen-bond acceptors (Lipinski definition) is 7. The van der Waals surface area contributed by atoms with Crippen molar-refractivity contribution >= 4 is 11.9 Å². The first-order chi connectivity index (χ1) is 9.11. The highest BCUT2D eigenvalue weighted by Crippen LogP contribution is 2.09. The Kier molecular flexibility index (Phi) is 6.88. The van der Waals surface area contributed by atoms with Gasteiger partial charge >= 0.3 is 6.01 Å². The Morgan fingerprint density at radius 1 is 1.21 bits per heavy atom. The van der Waals surface area contributed by atoms with E-state index in [1.165, 1.54) is 0 Å². The van der Waals surface area contributed by atoms with Gasteiger partial charge in [0.25, 0.3) is 0 Å². The first-order valence-electron chi connectivity index (χ1n) is 6.64. The summed E-state index contributed by atoms with van der Waals surface area (Å²) in [5.41, 5.74) is 5.61. The highest BCUT2D eigenvalue weighted by atomic mass is 16.5. The fraction of sp³-hybridized carbons (Fsp3) is 0.750. The van der Waals surface area contributed by atoms with Crippen LogP contribution in [0.4, 0.5) is 11.9 Å². The molecule has 1 aromatic rings. The van der Waals surface area contributed by atoms with Crippen LogP contribution in [0.25, 0.3) is 0 Å². The summed E-state index contributed by atoms with van der Waals surface area (Å²) in [4.78, 5) is 14.3. The number of anilines is 2. The zero-order valence-electron chi connectivity index (χ0n) is 12.0. The Bertz CT molecular complexity index is 371. The first kappa shape index (κ1) is 15.4.